The molecule has 1 heterocycles. The summed E-state index contributed by atoms with van der Waals surface area (Å²) in [6.07, 6.45) is 1.80. The third-order valence-electron chi connectivity index (χ3n) is 4.24. The van der Waals surface area contributed by atoms with Crippen molar-refractivity contribution < 1.29 is 14.3 Å². The summed E-state index contributed by atoms with van der Waals surface area (Å²) >= 11 is 0. The van der Waals surface area contributed by atoms with Crippen molar-refractivity contribution in [2.45, 2.75) is 19.6 Å². The number of carbonyl (C=O) groups is 1. The van der Waals surface area contributed by atoms with Crippen molar-refractivity contribution in [2.24, 2.45) is 0 Å². The van der Waals surface area contributed by atoms with E-state index in [9.17, 15) is 4.79 Å². The molecule has 130 valence electrons. The van der Waals surface area contributed by atoms with Gasteiger partial charge in [-0.25, -0.2) is 0 Å². The van der Waals surface area contributed by atoms with Gasteiger partial charge in [-0.05, 0) is 30.2 Å². The van der Waals surface area contributed by atoms with Gasteiger partial charge in [-0.1, -0.05) is 49.1 Å². The minimum absolute atomic E-state index is 0.0196. The standard InChI is InChI=1S/C21H23NO3/c1-3-17-9-10-19(21(23)22-11-12-24-16(2)14-22)20(13-17)25-15-18-7-5-4-6-8-18/h3-10,13,16H,1,11-12,14-15H2,2H3. The Morgan fingerprint density at radius 3 is 2.84 bits per heavy atom. The van der Waals surface area contributed by atoms with Gasteiger partial charge in [-0.15, -0.1) is 0 Å². The van der Waals surface area contributed by atoms with E-state index in [2.05, 4.69) is 6.58 Å². The summed E-state index contributed by atoms with van der Waals surface area (Å²) in [5.41, 5.74) is 2.57. The van der Waals surface area contributed by atoms with Crippen LogP contribution in [-0.4, -0.2) is 36.6 Å². The number of morpholine rings is 1. The van der Waals surface area contributed by atoms with Gasteiger partial charge in [0.15, 0.2) is 0 Å². The minimum Gasteiger partial charge on any atom is -0.488 e. The maximum absolute atomic E-state index is 12.9. The zero-order valence-electron chi connectivity index (χ0n) is 14.5. The highest BCUT2D eigenvalue weighted by atomic mass is 16.5. The first-order valence-electron chi connectivity index (χ1n) is 8.51. The van der Waals surface area contributed by atoms with E-state index in [4.69, 9.17) is 9.47 Å². The Bertz CT molecular complexity index is 742. The zero-order valence-corrected chi connectivity index (χ0v) is 14.5. The highest BCUT2D eigenvalue weighted by molar-refractivity contribution is 5.97. The number of ether oxygens (including phenoxy) is 2. The highest BCUT2D eigenvalue weighted by Gasteiger charge is 2.24. The van der Waals surface area contributed by atoms with Crippen LogP contribution in [-0.2, 0) is 11.3 Å². The largest absolute Gasteiger partial charge is 0.488 e. The first-order valence-corrected chi connectivity index (χ1v) is 8.51. The Balaban J connectivity index is 1.82. The molecule has 1 atom stereocenters. The molecule has 1 unspecified atom stereocenters. The van der Waals surface area contributed by atoms with Crippen molar-refractivity contribution in [1.29, 1.82) is 0 Å². The summed E-state index contributed by atoms with van der Waals surface area (Å²) in [6, 6.07) is 15.5. The first-order chi connectivity index (χ1) is 12.2. The van der Waals surface area contributed by atoms with Crippen molar-refractivity contribution >= 4 is 12.0 Å². The number of rotatable bonds is 5. The van der Waals surface area contributed by atoms with E-state index in [1.165, 1.54) is 0 Å². The molecule has 0 saturated carbocycles. The van der Waals surface area contributed by atoms with Crippen molar-refractivity contribution in [3.63, 3.8) is 0 Å². The Morgan fingerprint density at radius 1 is 1.32 bits per heavy atom. The van der Waals surface area contributed by atoms with Gasteiger partial charge in [0.25, 0.3) is 5.91 Å². The minimum atomic E-state index is -0.0196. The number of nitrogens with zero attached hydrogens (tertiary/aromatic N) is 1. The summed E-state index contributed by atoms with van der Waals surface area (Å²) in [5.74, 6) is 0.569. The van der Waals surface area contributed by atoms with E-state index < -0.39 is 0 Å². The molecule has 0 radical (unpaired) electrons. The summed E-state index contributed by atoms with van der Waals surface area (Å²) in [4.78, 5) is 14.8. The SMILES string of the molecule is C=Cc1ccc(C(=O)N2CCOC(C)C2)c(OCc2ccccc2)c1. The average Bonchev–Trinajstić information content (AvgIpc) is 2.66. The third-order valence-corrected chi connectivity index (χ3v) is 4.24. The van der Waals surface area contributed by atoms with Crippen molar-refractivity contribution in [3.8, 4) is 5.75 Å². The predicted octanol–water partition coefficient (Wildman–Crippen LogP) is 3.77. The number of amides is 1. The molecule has 3 rings (SSSR count). The fraction of sp³-hybridized carbons (Fsp3) is 0.286. The maximum atomic E-state index is 12.9. The second-order valence-corrected chi connectivity index (χ2v) is 6.17. The van der Waals surface area contributed by atoms with E-state index in [1.54, 1.807) is 6.08 Å². The molecule has 2 aromatic carbocycles. The normalized spacial score (nSPS) is 17.2. The lowest BCUT2D eigenvalue weighted by atomic mass is 10.1. The lowest BCUT2D eigenvalue weighted by Gasteiger charge is -2.31. The van der Waals surface area contributed by atoms with E-state index in [0.717, 1.165) is 11.1 Å². The fourth-order valence-electron chi connectivity index (χ4n) is 2.87. The van der Waals surface area contributed by atoms with E-state index in [-0.39, 0.29) is 12.0 Å². The van der Waals surface area contributed by atoms with Gasteiger partial charge in [-0.3, -0.25) is 4.79 Å². The van der Waals surface area contributed by atoms with Crippen LogP contribution in [0, 0.1) is 0 Å². The number of benzene rings is 2. The lowest BCUT2D eigenvalue weighted by molar-refractivity contribution is -0.0125. The molecule has 1 saturated heterocycles. The average molecular weight is 337 g/mol. The van der Waals surface area contributed by atoms with Crippen molar-refractivity contribution in [2.75, 3.05) is 19.7 Å². The monoisotopic (exact) mass is 337 g/mol. The molecule has 0 N–H and O–H groups in total. The van der Waals surface area contributed by atoms with Gasteiger partial charge in [0.2, 0.25) is 0 Å². The first kappa shape index (κ1) is 17.2. The fourth-order valence-corrected chi connectivity index (χ4v) is 2.87. The van der Waals surface area contributed by atoms with Crippen LogP contribution < -0.4 is 4.74 Å². The molecule has 1 aliphatic rings. The molecular formula is C21H23NO3. The Morgan fingerprint density at radius 2 is 2.12 bits per heavy atom. The Hall–Kier alpha value is -2.59. The second-order valence-electron chi connectivity index (χ2n) is 6.17. The summed E-state index contributed by atoms with van der Waals surface area (Å²) in [7, 11) is 0. The Labute approximate surface area is 148 Å². The Kier molecular flexibility index (Phi) is 5.51. The molecule has 1 amide bonds. The molecule has 0 spiro atoms. The number of hydrogen-bond donors (Lipinski definition) is 0. The van der Waals surface area contributed by atoms with Crippen LogP contribution in [0.15, 0.2) is 55.1 Å². The van der Waals surface area contributed by atoms with Gasteiger partial charge in [0.1, 0.15) is 12.4 Å². The molecule has 1 fully saturated rings. The van der Waals surface area contributed by atoms with Crippen LogP contribution in [0.3, 0.4) is 0 Å². The van der Waals surface area contributed by atoms with Crippen molar-refractivity contribution in [3.05, 3.63) is 71.8 Å². The van der Waals surface area contributed by atoms with Gasteiger partial charge in [0, 0.05) is 13.1 Å². The molecular weight excluding hydrogens is 314 g/mol. The van der Waals surface area contributed by atoms with Crippen LogP contribution in [0.4, 0.5) is 0 Å². The molecule has 25 heavy (non-hydrogen) atoms. The highest BCUT2D eigenvalue weighted by Crippen LogP contribution is 2.25. The van der Waals surface area contributed by atoms with E-state index >= 15 is 0 Å². The second kappa shape index (κ2) is 7.99. The van der Waals surface area contributed by atoms with E-state index in [0.29, 0.717) is 37.6 Å². The number of hydrogen-bond acceptors (Lipinski definition) is 3. The van der Waals surface area contributed by atoms with Gasteiger partial charge >= 0.3 is 0 Å². The number of carbonyl (C=O) groups excluding carboxylic acids is 1. The molecule has 2 aromatic rings. The quantitative estimate of drug-likeness (QED) is 0.834. The van der Waals surface area contributed by atoms with Crippen LogP contribution in [0.1, 0.15) is 28.4 Å². The van der Waals surface area contributed by atoms with Gasteiger partial charge < -0.3 is 14.4 Å². The summed E-state index contributed by atoms with van der Waals surface area (Å²) < 4.78 is 11.5. The lowest BCUT2D eigenvalue weighted by Crippen LogP contribution is -2.44. The molecule has 0 aliphatic carbocycles. The smallest absolute Gasteiger partial charge is 0.257 e. The third kappa shape index (κ3) is 4.28. The van der Waals surface area contributed by atoms with Crippen LogP contribution in [0.5, 0.6) is 5.75 Å². The molecule has 0 bridgehead atoms. The van der Waals surface area contributed by atoms with Gasteiger partial charge in [-0.2, -0.15) is 0 Å². The molecule has 4 heteroatoms. The molecule has 4 nitrogen and oxygen atoms in total. The van der Waals surface area contributed by atoms with E-state index in [1.807, 2.05) is 60.4 Å². The topological polar surface area (TPSA) is 38.8 Å². The summed E-state index contributed by atoms with van der Waals surface area (Å²) in [5, 5.41) is 0. The molecule has 0 aromatic heterocycles. The van der Waals surface area contributed by atoms with Gasteiger partial charge in [0.05, 0.1) is 18.3 Å². The maximum Gasteiger partial charge on any atom is 0.257 e. The van der Waals surface area contributed by atoms with Crippen LogP contribution >= 0.6 is 0 Å². The summed E-state index contributed by atoms with van der Waals surface area (Å²) in [6.45, 7) is 7.96. The zero-order chi connectivity index (χ0) is 17.6. The predicted molar refractivity (Wildman–Crippen MR) is 98.6 cm³/mol. The van der Waals surface area contributed by atoms with Crippen LogP contribution in [0.25, 0.3) is 6.08 Å². The van der Waals surface area contributed by atoms with Crippen LogP contribution in [0.2, 0.25) is 0 Å². The molecule has 1 aliphatic heterocycles. The van der Waals surface area contributed by atoms with Crippen molar-refractivity contribution in [1.82, 2.24) is 4.90 Å².